The number of methoxy groups -OCH3 is 1. The van der Waals surface area contributed by atoms with Gasteiger partial charge in [0.25, 0.3) is 0 Å². The van der Waals surface area contributed by atoms with Crippen LogP contribution in [0.25, 0.3) is 0 Å². The molecule has 1 saturated heterocycles. The SMILES string of the molecule is CCNC(=NCc1cccnc1OCCOC)NCC(c1ccccc1)N1CCCC1.I. The maximum absolute atomic E-state index is 5.74. The van der Waals surface area contributed by atoms with E-state index >= 15 is 0 Å². The van der Waals surface area contributed by atoms with Gasteiger partial charge in [0.2, 0.25) is 5.88 Å². The third kappa shape index (κ3) is 8.22. The van der Waals surface area contributed by atoms with Crippen molar-refractivity contribution < 1.29 is 9.47 Å². The fourth-order valence-electron chi connectivity index (χ4n) is 3.78. The number of aromatic nitrogens is 1. The average molecular weight is 553 g/mol. The Bertz CT molecular complexity index is 800. The van der Waals surface area contributed by atoms with E-state index in [1.54, 1.807) is 13.3 Å². The molecule has 2 N–H and O–H groups in total. The molecule has 1 aromatic heterocycles. The molecule has 2 heterocycles. The van der Waals surface area contributed by atoms with E-state index in [9.17, 15) is 0 Å². The number of ether oxygens (including phenoxy) is 2. The number of nitrogens with one attached hydrogen (secondary N) is 2. The molecule has 1 aliphatic heterocycles. The van der Waals surface area contributed by atoms with Crippen LogP contribution in [0.3, 0.4) is 0 Å². The van der Waals surface area contributed by atoms with Gasteiger partial charge in [-0.1, -0.05) is 36.4 Å². The quantitative estimate of drug-likeness (QED) is 0.192. The van der Waals surface area contributed by atoms with Crippen LogP contribution in [0.5, 0.6) is 5.88 Å². The summed E-state index contributed by atoms with van der Waals surface area (Å²) in [6.45, 7) is 7.47. The minimum atomic E-state index is 0. The Hall–Kier alpha value is -1.91. The first-order chi connectivity index (χ1) is 15.3. The highest BCUT2D eigenvalue weighted by Gasteiger charge is 2.23. The number of hydrogen-bond donors (Lipinski definition) is 2. The fraction of sp³-hybridized carbons (Fsp3) is 0.500. The summed E-state index contributed by atoms with van der Waals surface area (Å²) >= 11 is 0. The third-order valence-corrected chi connectivity index (χ3v) is 5.36. The van der Waals surface area contributed by atoms with Gasteiger partial charge in [-0.2, -0.15) is 0 Å². The van der Waals surface area contributed by atoms with Gasteiger partial charge in [-0.15, -0.1) is 24.0 Å². The standard InChI is InChI=1S/C24H35N5O2.HI/c1-3-25-24(27-18-21-12-9-13-26-23(21)31-17-16-30-2)28-19-22(29-14-7-8-15-29)20-10-5-4-6-11-20;/h4-6,9-13,22H,3,7-8,14-19H2,1-2H3,(H2,25,27,28);1H. The van der Waals surface area contributed by atoms with Gasteiger partial charge in [-0.3, -0.25) is 4.90 Å². The predicted molar refractivity (Wildman–Crippen MR) is 140 cm³/mol. The summed E-state index contributed by atoms with van der Waals surface area (Å²) in [7, 11) is 1.66. The Morgan fingerprint density at radius 3 is 2.59 bits per heavy atom. The molecule has 1 fully saturated rings. The minimum absolute atomic E-state index is 0. The maximum Gasteiger partial charge on any atom is 0.218 e. The van der Waals surface area contributed by atoms with Crippen molar-refractivity contribution in [3.63, 3.8) is 0 Å². The van der Waals surface area contributed by atoms with E-state index in [4.69, 9.17) is 14.5 Å². The highest BCUT2D eigenvalue weighted by atomic mass is 127. The zero-order chi connectivity index (χ0) is 21.7. The molecule has 0 aliphatic carbocycles. The second kappa shape index (κ2) is 15.0. The molecular weight excluding hydrogens is 517 g/mol. The monoisotopic (exact) mass is 553 g/mol. The number of rotatable bonds is 11. The number of pyridine rings is 1. The molecule has 7 nitrogen and oxygen atoms in total. The third-order valence-electron chi connectivity index (χ3n) is 5.36. The van der Waals surface area contributed by atoms with Crippen molar-refractivity contribution in [3.8, 4) is 5.88 Å². The summed E-state index contributed by atoms with van der Waals surface area (Å²) < 4.78 is 10.8. The van der Waals surface area contributed by atoms with Gasteiger partial charge in [0.1, 0.15) is 6.61 Å². The average Bonchev–Trinajstić information content (AvgIpc) is 3.34. The molecule has 1 unspecified atom stereocenters. The van der Waals surface area contributed by atoms with Crippen LogP contribution in [0.1, 0.15) is 36.9 Å². The molecule has 2 aromatic rings. The van der Waals surface area contributed by atoms with Crippen molar-refractivity contribution in [3.05, 3.63) is 59.8 Å². The van der Waals surface area contributed by atoms with Gasteiger partial charge in [-0.25, -0.2) is 9.98 Å². The van der Waals surface area contributed by atoms with Gasteiger partial charge in [0.15, 0.2) is 5.96 Å². The normalized spacial score (nSPS) is 15.1. The number of halogens is 1. The lowest BCUT2D eigenvalue weighted by molar-refractivity contribution is 0.143. The summed E-state index contributed by atoms with van der Waals surface area (Å²) in [6.07, 6.45) is 4.27. The molecule has 0 spiro atoms. The van der Waals surface area contributed by atoms with E-state index in [0.29, 0.717) is 31.7 Å². The molecule has 176 valence electrons. The minimum Gasteiger partial charge on any atom is -0.475 e. The van der Waals surface area contributed by atoms with Crippen LogP contribution in [-0.2, 0) is 11.3 Å². The van der Waals surface area contributed by atoms with Crippen molar-refractivity contribution in [1.29, 1.82) is 0 Å². The van der Waals surface area contributed by atoms with E-state index < -0.39 is 0 Å². The Morgan fingerprint density at radius 2 is 1.88 bits per heavy atom. The van der Waals surface area contributed by atoms with E-state index in [-0.39, 0.29) is 24.0 Å². The van der Waals surface area contributed by atoms with Crippen LogP contribution < -0.4 is 15.4 Å². The lowest BCUT2D eigenvalue weighted by Crippen LogP contribution is -2.42. The Balaban J connectivity index is 0.00000363. The predicted octanol–water partition coefficient (Wildman–Crippen LogP) is 3.62. The van der Waals surface area contributed by atoms with Gasteiger partial charge in [-0.05, 0) is 44.5 Å². The largest absolute Gasteiger partial charge is 0.475 e. The zero-order valence-electron chi connectivity index (χ0n) is 19.1. The molecule has 1 aliphatic rings. The van der Waals surface area contributed by atoms with E-state index in [1.165, 1.54) is 18.4 Å². The van der Waals surface area contributed by atoms with Crippen LogP contribution in [0, 0.1) is 0 Å². The molecule has 1 aromatic carbocycles. The summed E-state index contributed by atoms with van der Waals surface area (Å²) in [5, 5.41) is 6.92. The van der Waals surface area contributed by atoms with Crippen molar-refractivity contribution in [2.24, 2.45) is 4.99 Å². The van der Waals surface area contributed by atoms with Crippen LogP contribution in [0.15, 0.2) is 53.7 Å². The van der Waals surface area contributed by atoms with Crippen LogP contribution in [0.4, 0.5) is 0 Å². The fourth-order valence-corrected chi connectivity index (χ4v) is 3.78. The number of benzene rings is 1. The topological polar surface area (TPSA) is 71.0 Å². The molecule has 0 saturated carbocycles. The second-order valence-corrected chi connectivity index (χ2v) is 7.55. The molecule has 0 bridgehead atoms. The summed E-state index contributed by atoms with van der Waals surface area (Å²) in [4.78, 5) is 11.7. The highest BCUT2D eigenvalue weighted by molar-refractivity contribution is 14.0. The second-order valence-electron chi connectivity index (χ2n) is 7.55. The molecular formula is C24H36IN5O2. The first-order valence-electron chi connectivity index (χ1n) is 11.2. The van der Waals surface area contributed by atoms with E-state index in [2.05, 4.69) is 57.8 Å². The molecule has 0 radical (unpaired) electrons. The van der Waals surface area contributed by atoms with E-state index in [0.717, 1.165) is 37.7 Å². The summed E-state index contributed by atoms with van der Waals surface area (Å²) in [5.74, 6) is 1.41. The summed E-state index contributed by atoms with van der Waals surface area (Å²) in [6, 6.07) is 15.0. The van der Waals surface area contributed by atoms with E-state index in [1.807, 2.05) is 12.1 Å². The Morgan fingerprint density at radius 1 is 1.09 bits per heavy atom. The summed E-state index contributed by atoms with van der Waals surface area (Å²) in [5.41, 5.74) is 2.30. The van der Waals surface area contributed by atoms with Crippen molar-refractivity contribution in [2.75, 3.05) is 46.5 Å². The number of guanidine groups is 1. The number of nitrogens with zero attached hydrogens (tertiary/aromatic N) is 3. The lowest BCUT2D eigenvalue weighted by atomic mass is 10.1. The molecule has 32 heavy (non-hydrogen) atoms. The number of aliphatic imine (C=N–C) groups is 1. The molecule has 0 amide bonds. The first kappa shape index (κ1) is 26.3. The van der Waals surface area contributed by atoms with Crippen LogP contribution >= 0.6 is 24.0 Å². The maximum atomic E-state index is 5.74. The highest BCUT2D eigenvalue weighted by Crippen LogP contribution is 2.24. The Labute approximate surface area is 209 Å². The van der Waals surface area contributed by atoms with Gasteiger partial charge in [0, 0.05) is 32.0 Å². The number of likely N-dealkylation sites (tertiary alicyclic amines) is 1. The van der Waals surface area contributed by atoms with Gasteiger partial charge < -0.3 is 20.1 Å². The van der Waals surface area contributed by atoms with Gasteiger partial charge >= 0.3 is 0 Å². The Kier molecular flexibility index (Phi) is 12.4. The molecule has 1 atom stereocenters. The van der Waals surface area contributed by atoms with Crippen LogP contribution in [-0.4, -0.2) is 62.3 Å². The zero-order valence-corrected chi connectivity index (χ0v) is 21.5. The molecule has 3 rings (SSSR count). The molecule has 8 heteroatoms. The van der Waals surface area contributed by atoms with Crippen molar-refractivity contribution in [2.45, 2.75) is 32.4 Å². The van der Waals surface area contributed by atoms with Crippen molar-refractivity contribution in [1.82, 2.24) is 20.5 Å². The van der Waals surface area contributed by atoms with Gasteiger partial charge in [0.05, 0.1) is 19.2 Å². The van der Waals surface area contributed by atoms with Crippen LogP contribution in [0.2, 0.25) is 0 Å². The first-order valence-corrected chi connectivity index (χ1v) is 11.2. The smallest absolute Gasteiger partial charge is 0.218 e. The van der Waals surface area contributed by atoms with Crippen molar-refractivity contribution >= 4 is 29.9 Å². The number of hydrogen-bond acceptors (Lipinski definition) is 5. The lowest BCUT2D eigenvalue weighted by Gasteiger charge is -2.29.